The number of anilines is 1. The predicted molar refractivity (Wildman–Crippen MR) is 102 cm³/mol. The molecule has 0 bridgehead atoms. The summed E-state index contributed by atoms with van der Waals surface area (Å²) in [7, 11) is 1.58. The fraction of sp³-hybridized carbons (Fsp3) is 0.300. The maximum atomic E-state index is 11.8. The van der Waals surface area contributed by atoms with Crippen LogP contribution in [0.2, 0.25) is 0 Å². The highest BCUT2D eigenvalue weighted by molar-refractivity contribution is 5.91. The minimum Gasteiger partial charge on any atom is -0.493 e. The Morgan fingerprint density at radius 1 is 1.15 bits per heavy atom. The lowest BCUT2D eigenvalue weighted by atomic mass is 10.2. The van der Waals surface area contributed by atoms with E-state index >= 15 is 0 Å². The Hall–Kier alpha value is -3.02. The van der Waals surface area contributed by atoms with Gasteiger partial charge in [0.15, 0.2) is 18.1 Å². The van der Waals surface area contributed by atoms with Crippen LogP contribution in [0.5, 0.6) is 11.5 Å². The van der Waals surface area contributed by atoms with Gasteiger partial charge in [-0.15, -0.1) is 0 Å². The first kappa shape index (κ1) is 19.3. The Balaban J connectivity index is 1.83. The van der Waals surface area contributed by atoms with E-state index in [-0.39, 0.29) is 12.5 Å². The molecule has 138 valence electrons. The molecule has 2 rings (SSSR count). The third kappa shape index (κ3) is 6.12. The van der Waals surface area contributed by atoms with Crippen LogP contribution in [0.25, 0.3) is 0 Å². The number of carbonyl (C=O) groups excluding carboxylic acids is 1. The highest BCUT2D eigenvalue weighted by atomic mass is 16.6. The minimum atomic E-state index is -0.271. The van der Waals surface area contributed by atoms with Crippen LogP contribution in [0.3, 0.4) is 0 Å². The quantitative estimate of drug-likeness (QED) is 0.548. The van der Waals surface area contributed by atoms with Crippen LogP contribution in [0.4, 0.5) is 5.69 Å². The van der Waals surface area contributed by atoms with Gasteiger partial charge in [-0.05, 0) is 43.7 Å². The number of hydrogen-bond donors (Lipinski definition) is 1. The van der Waals surface area contributed by atoms with Gasteiger partial charge in [0, 0.05) is 11.3 Å². The molecule has 2 aromatic carbocycles. The maximum absolute atomic E-state index is 11.8. The van der Waals surface area contributed by atoms with E-state index in [1.54, 1.807) is 13.2 Å². The van der Waals surface area contributed by atoms with Crippen molar-refractivity contribution in [2.75, 3.05) is 25.6 Å². The highest BCUT2D eigenvalue weighted by Gasteiger charge is 2.05. The molecular formula is C20H24N2O4. The van der Waals surface area contributed by atoms with Crippen LogP contribution in [-0.2, 0) is 9.63 Å². The molecule has 6 nitrogen and oxygen atoms in total. The molecule has 0 saturated heterocycles. The van der Waals surface area contributed by atoms with E-state index in [1.807, 2.05) is 50.2 Å². The molecule has 0 unspecified atom stereocenters. The summed E-state index contributed by atoms with van der Waals surface area (Å²) in [5.74, 6) is 1.04. The van der Waals surface area contributed by atoms with Crippen molar-refractivity contribution in [3.8, 4) is 11.5 Å². The van der Waals surface area contributed by atoms with Crippen molar-refractivity contribution in [3.05, 3.63) is 53.6 Å². The zero-order valence-corrected chi connectivity index (χ0v) is 15.3. The fourth-order valence-corrected chi connectivity index (χ4v) is 2.12. The number of hydrogen-bond acceptors (Lipinski definition) is 5. The summed E-state index contributed by atoms with van der Waals surface area (Å²) in [6, 6.07) is 13.0. The largest absolute Gasteiger partial charge is 0.493 e. The van der Waals surface area contributed by atoms with E-state index < -0.39 is 0 Å². The first-order chi connectivity index (χ1) is 12.6. The Morgan fingerprint density at radius 2 is 1.92 bits per heavy atom. The lowest BCUT2D eigenvalue weighted by molar-refractivity contribution is -0.120. The average molecular weight is 356 g/mol. The molecule has 26 heavy (non-hydrogen) atoms. The Labute approximate surface area is 153 Å². The van der Waals surface area contributed by atoms with E-state index in [2.05, 4.69) is 10.5 Å². The second kappa shape index (κ2) is 10.1. The molecule has 0 aromatic heterocycles. The van der Waals surface area contributed by atoms with Gasteiger partial charge in [0.05, 0.1) is 19.9 Å². The molecule has 1 amide bonds. The molecule has 0 spiro atoms. The standard InChI is InChI=1S/C20H24N2O4/c1-4-11-25-18-10-7-16(12-19(18)24-3)13-21-26-14-20(23)22-17-8-5-15(2)6-9-17/h5-10,12-13H,4,11,14H2,1-3H3,(H,22,23). The zero-order valence-electron chi connectivity index (χ0n) is 15.3. The first-order valence-electron chi connectivity index (χ1n) is 8.45. The predicted octanol–water partition coefficient (Wildman–Crippen LogP) is 3.78. The van der Waals surface area contributed by atoms with Crippen LogP contribution in [-0.4, -0.2) is 32.4 Å². The maximum Gasteiger partial charge on any atom is 0.265 e. The number of rotatable bonds is 9. The third-order valence-corrected chi connectivity index (χ3v) is 3.46. The first-order valence-corrected chi connectivity index (χ1v) is 8.45. The summed E-state index contributed by atoms with van der Waals surface area (Å²) >= 11 is 0. The Kier molecular flexibility index (Phi) is 7.49. The van der Waals surface area contributed by atoms with Crippen molar-refractivity contribution >= 4 is 17.8 Å². The lowest BCUT2D eigenvalue weighted by Gasteiger charge is -2.10. The van der Waals surface area contributed by atoms with Crippen molar-refractivity contribution in [2.24, 2.45) is 5.16 Å². The van der Waals surface area contributed by atoms with Crippen molar-refractivity contribution in [1.29, 1.82) is 0 Å². The zero-order chi connectivity index (χ0) is 18.8. The molecule has 2 aromatic rings. The number of methoxy groups -OCH3 is 1. The minimum absolute atomic E-state index is 0.167. The van der Waals surface area contributed by atoms with Crippen molar-refractivity contribution in [1.82, 2.24) is 0 Å². The van der Waals surface area contributed by atoms with Crippen LogP contribution >= 0.6 is 0 Å². The molecule has 0 heterocycles. The number of aryl methyl sites for hydroxylation is 1. The molecule has 0 aliphatic heterocycles. The van der Waals surface area contributed by atoms with Gasteiger partial charge in [0.25, 0.3) is 5.91 Å². The van der Waals surface area contributed by atoms with Gasteiger partial charge in [0.1, 0.15) is 0 Å². The second-order valence-electron chi connectivity index (χ2n) is 5.68. The normalized spacial score (nSPS) is 10.6. The molecular weight excluding hydrogens is 332 g/mol. The van der Waals surface area contributed by atoms with Crippen molar-refractivity contribution in [2.45, 2.75) is 20.3 Å². The number of oxime groups is 1. The number of carbonyl (C=O) groups is 1. The Bertz CT molecular complexity index is 742. The number of amides is 1. The van der Waals surface area contributed by atoms with Gasteiger partial charge in [-0.3, -0.25) is 4.79 Å². The van der Waals surface area contributed by atoms with Crippen LogP contribution in [0.15, 0.2) is 47.6 Å². The van der Waals surface area contributed by atoms with Crippen LogP contribution in [0.1, 0.15) is 24.5 Å². The lowest BCUT2D eigenvalue weighted by Crippen LogP contribution is -2.16. The Morgan fingerprint density at radius 3 is 2.62 bits per heavy atom. The number of nitrogens with zero attached hydrogens (tertiary/aromatic N) is 1. The summed E-state index contributed by atoms with van der Waals surface area (Å²) in [5.41, 5.74) is 2.63. The van der Waals surface area contributed by atoms with Gasteiger partial charge < -0.3 is 19.6 Å². The fourth-order valence-electron chi connectivity index (χ4n) is 2.12. The number of nitrogens with one attached hydrogen (secondary N) is 1. The molecule has 0 aliphatic rings. The third-order valence-electron chi connectivity index (χ3n) is 3.46. The smallest absolute Gasteiger partial charge is 0.265 e. The number of benzene rings is 2. The van der Waals surface area contributed by atoms with Gasteiger partial charge in [0.2, 0.25) is 0 Å². The summed E-state index contributed by atoms with van der Waals surface area (Å²) in [6.07, 6.45) is 2.44. The van der Waals surface area contributed by atoms with E-state index in [0.717, 1.165) is 23.2 Å². The van der Waals surface area contributed by atoms with Gasteiger partial charge in [-0.25, -0.2) is 0 Å². The SMILES string of the molecule is CCCOc1ccc(C=NOCC(=O)Nc2ccc(C)cc2)cc1OC. The van der Waals surface area contributed by atoms with E-state index in [9.17, 15) is 4.79 Å². The van der Waals surface area contributed by atoms with Crippen LogP contribution < -0.4 is 14.8 Å². The topological polar surface area (TPSA) is 69.2 Å². The molecule has 6 heteroatoms. The molecule has 0 radical (unpaired) electrons. The summed E-state index contributed by atoms with van der Waals surface area (Å²) in [6.45, 7) is 4.49. The van der Waals surface area contributed by atoms with E-state index in [0.29, 0.717) is 18.1 Å². The monoisotopic (exact) mass is 356 g/mol. The molecule has 0 fully saturated rings. The van der Waals surface area contributed by atoms with Gasteiger partial charge in [-0.2, -0.15) is 0 Å². The summed E-state index contributed by atoms with van der Waals surface area (Å²) < 4.78 is 10.9. The molecule has 0 aliphatic carbocycles. The second-order valence-corrected chi connectivity index (χ2v) is 5.68. The van der Waals surface area contributed by atoms with Crippen molar-refractivity contribution in [3.63, 3.8) is 0 Å². The van der Waals surface area contributed by atoms with Crippen molar-refractivity contribution < 1.29 is 19.1 Å². The molecule has 0 atom stereocenters. The van der Waals surface area contributed by atoms with Gasteiger partial charge in [-0.1, -0.05) is 29.8 Å². The molecule has 1 N–H and O–H groups in total. The van der Waals surface area contributed by atoms with E-state index in [1.165, 1.54) is 6.21 Å². The summed E-state index contributed by atoms with van der Waals surface area (Å²) in [5, 5.41) is 6.56. The summed E-state index contributed by atoms with van der Waals surface area (Å²) in [4.78, 5) is 16.9. The highest BCUT2D eigenvalue weighted by Crippen LogP contribution is 2.27. The number of ether oxygens (including phenoxy) is 2. The van der Waals surface area contributed by atoms with Crippen LogP contribution in [0, 0.1) is 6.92 Å². The van der Waals surface area contributed by atoms with E-state index in [4.69, 9.17) is 14.3 Å². The van der Waals surface area contributed by atoms with Gasteiger partial charge >= 0.3 is 0 Å². The average Bonchev–Trinajstić information content (AvgIpc) is 2.65. The molecule has 0 saturated carbocycles.